The highest BCUT2D eigenvalue weighted by molar-refractivity contribution is 7.17. The minimum atomic E-state index is -1.35. The number of aromatic nitrogens is 2. The zero-order valence-electron chi connectivity index (χ0n) is 19.6. The molecular weight excluding hydrogens is 462 g/mol. The smallest absolute Gasteiger partial charge is 0.347 e. The molecule has 0 aliphatic carbocycles. The van der Waals surface area contributed by atoms with Gasteiger partial charge in [-0.05, 0) is 50.6 Å². The molecule has 0 radical (unpaired) electrons. The molecule has 0 aliphatic rings. The number of carbonyl (C=O) groups excluding carboxylic acids is 1. The van der Waals surface area contributed by atoms with Crippen LogP contribution in [0.1, 0.15) is 34.8 Å². The van der Waals surface area contributed by atoms with E-state index < -0.39 is 11.6 Å². The lowest BCUT2D eigenvalue weighted by Gasteiger charge is -2.23. The van der Waals surface area contributed by atoms with E-state index in [1.807, 2.05) is 55.5 Å². The Kier molecular flexibility index (Phi) is 6.93. The fourth-order valence-corrected chi connectivity index (χ4v) is 4.40. The monoisotopic (exact) mass is 487 g/mol. The molecule has 0 fully saturated rings. The third kappa shape index (κ3) is 5.55. The average Bonchev–Trinajstić information content (AvgIpc) is 3.25. The van der Waals surface area contributed by atoms with Crippen molar-refractivity contribution >= 4 is 29.0 Å². The summed E-state index contributed by atoms with van der Waals surface area (Å²) in [5, 5.41) is 10.1. The van der Waals surface area contributed by atoms with E-state index in [-0.39, 0.29) is 12.5 Å². The zero-order valence-corrected chi connectivity index (χ0v) is 20.5. The lowest BCUT2D eigenvalue weighted by atomic mass is 10.1. The van der Waals surface area contributed by atoms with Crippen LogP contribution >= 0.6 is 11.3 Å². The summed E-state index contributed by atoms with van der Waals surface area (Å²) in [6.07, 6.45) is 1.65. The van der Waals surface area contributed by atoms with Crippen molar-refractivity contribution in [3.8, 4) is 16.3 Å². The molecule has 0 unspecified atom stereocenters. The first-order valence-corrected chi connectivity index (χ1v) is 11.8. The van der Waals surface area contributed by atoms with Crippen molar-refractivity contribution in [2.75, 3.05) is 4.90 Å². The predicted octanol–water partition coefficient (Wildman–Crippen LogP) is 5.60. The average molecular weight is 488 g/mol. The number of aliphatic carboxylic acids is 1. The van der Waals surface area contributed by atoms with Gasteiger partial charge in [0.25, 0.3) is 5.91 Å². The molecule has 0 aliphatic heterocycles. The first-order valence-electron chi connectivity index (χ1n) is 11.0. The normalized spacial score (nSPS) is 11.2. The van der Waals surface area contributed by atoms with E-state index in [1.165, 1.54) is 25.2 Å². The Morgan fingerprint density at radius 2 is 1.69 bits per heavy atom. The molecule has 2 aromatic heterocycles. The first-order chi connectivity index (χ1) is 16.7. The van der Waals surface area contributed by atoms with Gasteiger partial charge in [-0.25, -0.2) is 14.8 Å². The minimum absolute atomic E-state index is 0.187. The van der Waals surface area contributed by atoms with Crippen molar-refractivity contribution in [1.29, 1.82) is 0 Å². The Bertz CT molecular complexity index is 1320. The molecular formula is C27H25N3O4S. The maximum Gasteiger partial charge on any atom is 0.347 e. The number of rotatable bonds is 8. The molecule has 7 nitrogen and oxygen atoms in total. The van der Waals surface area contributed by atoms with Crippen molar-refractivity contribution in [3.05, 3.63) is 95.1 Å². The summed E-state index contributed by atoms with van der Waals surface area (Å²) in [6, 6.07) is 22.2. The highest BCUT2D eigenvalue weighted by Gasteiger charge is 2.29. The Morgan fingerprint density at radius 1 is 1.00 bits per heavy atom. The van der Waals surface area contributed by atoms with E-state index in [0.717, 1.165) is 16.1 Å². The number of nitrogens with zero attached hydrogens (tertiary/aromatic N) is 3. The fourth-order valence-electron chi connectivity index (χ4n) is 3.38. The van der Waals surface area contributed by atoms with E-state index >= 15 is 0 Å². The van der Waals surface area contributed by atoms with Crippen LogP contribution in [-0.4, -0.2) is 32.6 Å². The number of anilines is 1. The van der Waals surface area contributed by atoms with Gasteiger partial charge in [-0.15, -0.1) is 11.3 Å². The number of hydrogen-bond donors (Lipinski definition) is 1. The molecule has 8 heteroatoms. The molecule has 1 amide bonds. The van der Waals surface area contributed by atoms with E-state index in [2.05, 4.69) is 9.97 Å². The topological polar surface area (TPSA) is 92.6 Å². The molecule has 2 heterocycles. The summed E-state index contributed by atoms with van der Waals surface area (Å²) in [5.41, 5.74) is 1.12. The third-order valence-electron chi connectivity index (χ3n) is 5.33. The number of pyridine rings is 1. The Morgan fingerprint density at radius 3 is 2.31 bits per heavy atom. The summed E-state index contributed by atoms with van der Waals surface area (Å²) in [4.78, 5) is 36.3. The van der Waals surface area contributed by atoms with Crippen molar-refractivity contribution in [2.24, 2.45) is 0 Å². The molecule has 35 heavy (non-hydrogen) atoms. The van der Waals surface area contributed by atoms with Gasteiger partial charge >= 0.3 is 5.97 Å². The SMILES string of the molecule is Cc1nc(-c2ccccc2)sc1C(=O)N(Cc1ccc(OC(C)(C)C(=O)O)cc1)c1ccccn1. The van der Waals surface area contributed by atoms with Crippen LogP contribution in [0.2, 0.25) is 0 Å². The molecule has 4 rings (SSSR count). The molecule has 0 saturated heterocycles. The van der Waals surface area contributed by atoms with Crippen molar-refractivity contribution in [2.45, 2.75) is 32.9 Å². The lowest BCUT2D eigenvalue weighted by Crippen LogP contribution is -2.37. The third-order valence-corrected chi connectivity index (χ3v) is 6.53. The van der Waals surface area contributed by atoms with E-state index in [1.54, 1.807) is 35.4 Å². The molecule has 0 spiro atoms. The van der Waals surface area contributed by atoms with Gasteiger partial charge in [-0.3, -0.25) is 9.69 Å². The number of thiazole rings is 1. The lowest BCUT2D eigenvalue weighted by molar-refractivity contribution is -0.152. The van der Waals surface area contributed by atoms with Gasteiger partial charge < -0.3 is 9.84 Å². The highest BCUT2D eigenvalue weighted by atomic mass is 32.1. The Labute approximate surface area is 207 Å². The Balaban J connectivity index is 1.61. The van der Waals surface area contributed by atoms with E-state index in [4.69, 9.17) is 4.74 Å². The second-order valence-corrected chi connectivity index (χ2v) is 9.44. The van der Waals surface area contributed by atoms with Crippen LogP contribution in [0.4, 0.5) is 5.82 Å². The number of ether oxygens (including phenoxy) is 1. The van der Waals surface area contributed by atoms with Gasteiger partial charge in [0.05, 0.1) is 12.2 Å². The van der Waals surface area contributed by atoms with Gasteiger partial charge in [0, 0.05) is 11.8 Å². The van der Waals surface area contributed by atoms with Gasteiger partial charge in [-0.2, -0.15) is 0 Å². The summed E-state index contributed by atoms with van der Waals surface area (Å²) in [5.74, 6) is -0.280. The predicted molar refractivity (Wildman–Crippen MR) is 136 cm³/mol. The van der Waals surface area contributed by atoms with Gasteiger partial charge in [0.15, 0.2) is 5.60 Å². The second-order valence-electron chi connectivity index (χ2n) is 8.44. The second kappa shape index (κ2) is 10.1. The van der Waals surface area contributed by atoms with Gasteiger partial charge in [0.1, 0.15) is 21.5 Å². The molecule has 0 saturated carbocycles. The minimum Gasteiger partial charge on any atom is -0.478 e. The molecule has 2 aromatic carbocycles. The number of carboxylic acid groups (broad SMARTS) is 1. The van der Waals surface area contributed by atoms with Crippen LogP contribution in [-0.2, 0) is 11.3 Å². The van der Waals surface area contributed by atoms with Crippen LogP contribution in [0.5, 0.6) is 5.75 Å². The molecule has 178 valence electrons. The number of benzene rings is 2. The first kappa shape index (κ1) is 24.1. The summed E-state index contributed by atoms with van der Waals surface area (Å²) >= 11 is 1.36. The Hall–Kier alpha value is -4.04. The standard InChI is InChI=1S/C27H25N3O4S/c1-18-23(35-24(29-18)20-9-5-4-6-10-20)25(31)30(22-11-7-8-16-28-22)17-19-12-14-21(15-13-19)34-27(2,3)26(32)33/h4-16H,17H2,1-3H3,(H,32,33). The summed E-state index contributed by atoms with van der Waals surface area (Å²) in [7, 11) is 0. The number of carbonyl (C=O) groups is 2. The molecule has 0 bridgehead atoms. The zero-order chi connectivity index (χ0) is 25.0. The summed E-state index contributed by atoms with van der Waals surface area (Å²) in [6.45, 7) is 5.09. The number of hydrogen-bond acceptors (Lipinski definition) is 6. The van der Waals surface area contributed by atoms with E-state index in [9.17, 15) is 14.7 Å². The molecule has 1 N–H and O–H groups in total. The number of aryl methyl sites for hydroxylation is 1. The van der Waals surface area contributed by atoms with Crippen LogP contribution in [0.15, 0.2) is 79.0 Å². The maximum atomic E-state index is 13.7. The van der Waals surface area contributed by atoms with E-state index in [0.29, 0.717) is 22.1 Å². The maximum absolute atomic E-state index is 13.7. The summed E-state index contributed by atoms with van der Waals surface area (Å²) < 4.78 is 5.59. The van der Waals surface area contributed by atoms with Gasteiger partial charge in [-0.1, -0.05) is 48.5 Å². The number of carboxylic acids is 1. The molecule has 4 aromatic rings. The van der Waals surface area contributed by atoms with Crippen LogP contribution in [0, 0.1) is 6.92 Å². The van der Waals surface area contributed by atoms with Gasteiger partial charge in [0.2, 0.25) is 0 Å². The fraction of sp³-hybridized carbons (Fsp3) is 0.185. The van der Waals surface area contributed by atoms with Crippen LogP contribution < -0.4 is 9.64 Å². The molecule has 0 atom stereocenters. The van der Waals surface area contributed by atoms with Crippen molar-refractivity contribution in [3.63, 3.8) is 0 Å². The largest absolute Gasteiger partial charge is 0.478 e. The quantitative estimate of drug-likeness (QED) is 0.348. The van der Waals surface area contributed by atoms with Crippen molar-refractivity contribution in [1.82, 2.24) is 9.97 Å². The van der Waals surface area contributed by atoms with Crippen LogP contribution in [0.3, 0.4) is 0 Å². The van der Waals surface area contributed by atoms with Crippen molar-refractivity contribution < 1.29 is 19.4 Å². The number of amides is 1. The highest BCUT2D eigenvalue weighted by Crippen LogP contribution is 2.30. The van der Waals surface area contributed by atoms with Crippen LogP contribution in [0.25, 0.3) is 10.6 Å².